The quantitative estimate of drug-likeness (QED) is 0.373. The van der Waals surface area contributed by atoms with Crippen molar-refractivity contribution in [2.75, 3.05) is 53.1 Å². The smallest absolute Gasteiger partial charge is 0.314 e. The summed E-state index contributed by atoms with van der Waals surface area (Å²) in [5, 5.41) is 9.97. The van der Waals surface area contributed by atoms with Crippen LogP contribution in [0.1, 0.15) is 48.5 Å². The number of esters is 1. The number of nitrogens with zero attached hydrogens (tertiary/aromatic N) is 4. The number of fused-ring (bicyclic) bond motifs is 17. The van der Waals surface area contributed by atoms with Crippen LogP contribution in [0.5, 0.6) is 5.75 Å². The van der Waals surface area contributed by atoms with Gasteiger partial charge in [-0.25, -0.2) is 9.67 Å². The molecule has 13 nitrogen and oxygen atoms in total. The fraction of sp³-hybridized carbons (Fsp3) is 0.455. The number of ether oxygens (including phenoxy) is 3. The third-order valence-corrected chi connectivity index (χ3v) is 7.80. The Kier molecular flexibility index (Phi) is 12.6. The zero-order valence-corrected chi connectivity index (χ0v) is 26.4. The van der Waals surface area contributed by atoms with Crippen LogP contribution in [0, 0.1) is 5.41 Å². The van der Waals surface area contributed by atoms with E-state index < -0.39 is 11.4 Å². The molecule has 246 valence electrons. The van der Waals surface area contributed by atoms with Gasteiger partial charge in [-0.3, -0.25) is 19.2 Å². The van der Waals surface area contributed by atoms with E-state index in [2.05, 4.69) is 20.7 Å². The van der Waals surface area contributed by atoms with Crippen LogP contribution >= 0.6 is 0 Å². The molecule has 2 aliphatic heterocycles. The summed E-state index contributed by atoms with van der Waals surface area (Å²) in [4.78, 5) is 58.5. The average molecular weight is 635 g/mol. The van der Waals surface area contributed by atoms with E-state index in [9.17, 15) is 19.2 Å². The highest BCUT2D eigenvalue weighted by Crippen LogP contribution is 2.30. The lowest BCUT2D eigenvalue weighted by molar-refractivity contribution is -0.156. The van der Waals surface area contributed by atoms with Crippen LogP contribution in [0.25, 0.3) is 5.69 Å². The second-order valence-corrected chi connectivity index (χ2v) is 11.1. The minimum absolute atomic E-state index is 0.0559. The van der Waals surface area contributed by atoms with Gasteiger partial charge in [0.25, 0.3) is 11.8 Å². The molecule has 3 amide bonds. The molecule has 2 bridgehead atoms. The maximum atomic E-state index is 13.8. The zero-order chi connectivity index (χ0) is 32.8. The third kappa shape index (κ3) is 9.36. The summed E-state index contributed by atoms with van der Waals surface area (Å²) in [6.07, 6.45) is 4.56. The topological polar surface area (TPSA) is 154 Å². The van der Waals surface area contributed by atoms with Gasteiger partial charge in [0, 0.05) is 46.3 Å². The minimum Gasteiger partial charge on any atom is -0.484 e. The largest absolute Gasteiger partial charge is 0.484 e. The van der Waals surface area contributed by atoms with Gasteiger partial charge < -0.3 is 29.7 Å². The second-order valence-electron chi connectivity index (χ2n) is 11.1. The number of aromatic nitrogens is 3. The van der Waals surface area contributed by atoms with E-state index in [1.807, 2.05) is 18.2 Å². The summed E-state index contributed by atoms with van der Waals surface area (Å²) in [5.41, 5.74) is 0.786. The van der Waals surface area contributed by atoms with Crippen LogP contribution in [0.2, 0.25) is 0 Å². The van der Waals surface area contributed by atoms with E-state index in [0.29, 0.717) is 62.3 Å². The van der Waals surface area contributed by atoms with E-state index >= 15 is 0 Å². The molecule has 0 radical (unpaired) electrons. The van der Waals surface area contributed by atoms with Gasteiger partial charge in [0.2, 0.25) is 5.91 Å². The molecule has 2 aromatic carbocycles. The molecule has 1 unspecified atom stereocenters. The first-order valence-electron chi connectivity index (χ1n) is 15.5. The Balaban J connectivity index is 1.56. The van der Waals surface area contributed by atoms with Gasteiger partial charge in [-0.2, -0.15) is 5.10 Å². The van der Waals surface area contributed by atoms with Crippen molar-refractivity contribution in [3.8, 4) is 11.4 Å². The normalized spacial score (nSPS) is 18.6. The number of rotatable bonds is 7. The van der Waals surface area contributed by atoms with Gasteiger partial charge in [-0.15, -0.1) is 0 Å². The molecule has 0 aliphatic carbocycles. The van der Waals surface area contributed by atoms with Gasteiger partial charge in [-0.05, 0) is 62.4 Å². The molecule has 5 rings (SSSR count). The van der Waals surface area contributed by atoms with Crippen LogP contribution < -0.4 is 15.4 Å². The Morgan fingerprint density at radius 3 is 2.54 bits per heavy atom. The predicted octanol–water partition coefficient (Wildman–Crippen LogP) is 2.33. The number of para-hydroxylation sites is 1. The summed E-state index contributed by atoms with van der Waals surface area (Å²) in [7, 11) is 1.56. The number of hydrogen-bond acceptors (Lipinski definition) is 9. The molecule has 46 heavy (non-hydrogen) atoms. The number of benzene rings is 2. The van der Waals surface area contributed by atoms with Gasteiger partial charge in [0.05, 0.1) is 23.3 Å². The van der Waals surface area contributed by atoms with Crippen LogP contribution in [-0.2, 0) is 30.3 Å². The van der Waals surface area contributed by atoms with E-state index in [4.69, 9.17) is 14.2 Å². The summed E-state index contributed by atoms with van der Waals surface area (Å²) < 4.78 is 18.0. The first-order chi connectivity index (χ1) is 22.3. The molecule has 3 aromatic rings. The van der Waals surface area contributed by atoms with Gasteiger partial charge in [-0.1, -0.05) is 24.3 Å². The summed E-state index contributed by atoms with van der Waals surface area (Å²) in [5.74, 6) is -0.679. The van der Waals surface area contributed by atoms with Crippen LogP contribution in [-0.4, -0.2) is 96.5 Å². The maximum Gasteiger partial charge on any atom is 0.314 e. The minimum atomic E-state index is -1.07. The Morgan fingerprint density at radius 1 is 1.02 bits per heavy atom. The van der Waals surface area contributed by atoms with Crippen LogP contribution in [0.15, 0.2) is 61.2 Å². The lowest BCUT2D eigenvalue weighted by atomic mass is 9.78. The van der Waals surface area contributed by atoms with E-state index in [-0.39, 0.29) is 50.5 Å². The fourth-order valence-corrected chi connectivity index (χ4v) is 5.32. The molecule has 2 aliphatic rings. The Labute approximate surface area is 268 Å². The van der Waals surface area contributed by atoms with Crippen molar-refractivity contribution in [3.63, 3.8) is 0 Å². The van der Waals surface area contributed by atoms with Crippen molar-refractivity contribution in [1.82, 2.24) is 30.3 Å². The van der Waals surface area contributed by atoms with Crippen LogP contribution in [0.3, 0.4) is 0 Å². The highest BCUT2D eigenvalue weighted by molar-refractivity contribution is 5.97. The lowest BCUT2D eigenvalue weighted by Gasteiger charge is -2.32. The number of carbonyl (C=O) groups excluding carboxylic acids is 4. The van der Waals surface area contributed by atoms with Gasteiger partial charge in [0.1, 0.15) is 18.4 Å². The summed E-state index contributed by atoms with van der Waals surface area (Å²) >= 11 is 0. The molecule has 1 atom stereocenters. The molecule has 3 heterocycles. The lowest BCUT2D eigenvalue weighted by Crippen LogP contribution is -2.46. The first kappa shape index (κ1) is 34.1. The van der Waals surface area contributed by atoms with Crippen molar-refractivity contribution in [3.05, 3.63) is 72.3 Å². The number of methoxy groups -OCH3 is 1. The molecule has 0 saturated heterocycles. The number of hydrogen-bond donors (Lipinski definition) is 2. The van der Waals surface area contributed by atoms with Gasteiger partial charge >= 0.3 is 5.97 Å². The molecule has 2 N–H and O–H groups in total. The first-order valence-corrected chi connectivity index (χ1v) is 15.5. The maximum absolute atomic E-state index is 13.8. The molecule has 13 heteroatoms. The second kappa shape index (κ2) is 17.1. The highest BCUT2D eigenvalue weighted by Gasteiger charge is 2.40. The van der Waals surface area contributed by atoms with Crippen molar-refractivity contribution in [1.29, 1.82) is 0 Å². The van der Waals surface area contributed by atoms with E-state index in [1.165, 1.54) is 17.3 Å². The standard InChI is InChI=1S/C33H42N6O7/c1-3-45-32(43)33(15-19-44-2)20-25-11-13-26(14-12-25)46-21-30(41)35-16-7-18-38(17-6-10-29(40)36-22-33)31(42)27-8-4-5-9-28(27)39-24-34-23-37-39/h4-5,8-9,11-14,23-24H,3,6-7,10,15-22H2,1-2H3,(H,35,41)(H,36,40). The zero-order valence-electron chi connectivity index (χ0n) is 26.4. The Hall–Kier alpha value is -4.78. The molecule has 0 saturated carbocycles. The number of amides is 3. The Bertz CT molecular complexity index is 1450. The Morgan fingerprint density at radius 2 is 1.80 bits per heavy atom. The third-order valence-electron chi connectivity index (χ3n) is 7.80. The fourth-order valence-electron chi connectivity index (χ4n) is 5.32. The van der Waals surface area contributed by atoms with Crippen LogP contribution in [0.4, 0.5) is 0 Å². The van der Waals surface area contributed by atoms with Crippen molar-refractivity contribution in [2.45, 2.75) is 39.0 Å². The monoisotopic (exact) mass is 634 g/mol. The number of carbonyl (C=O) groups is 4. The predicted molar refractivity (Wildman–Crippen MR) is 168 cm³/mol. The molecule has 0 spiro atoms. The molecular weight excluding hydrogens is 592 g/mol. The van der Waals surface area contributed by atoms with E-state index in [1.54, 1.807) is 49.3 Å². The average Bonchev–Trinajstić information content (AvgIpc) is 3.61. The number of nitrogens with one attached hydrogen (secondary N) is 2. The van der Waals surface area contributed by atoms with Gasteiger partial charge in [0.15, 0.2) is 6.61 Å². The van der Waals surface area contributed by atoms with Crippen molar-refractivity contribution < 1.29 is 33.4 Å². The summed E-state index contributed by atoms with van der Waals surface area (Å²) in [6.45, 7) is 3.10. The summed E-state index contributed by atoms with van der Waals surface area (Å²) in [6, 6.07) is 14.3. The van der Waals surface area contributed by atoms with E-state index in [0.717, 1.165) is 5.56 Å². The highest BCUT2D eigenvalue weighted by atomic mass is 16.5. The molecule has 1 aromatic heterocycles. The van der Waals surface area contributed by atoms with Crippen molar-refractivity contribution in [2.24, 2.45) is 5.41 Å². The SMILES string of the molecule is CCOC(=O)C1(CCOC)CNC(=O)CCCN(C(=O)c2ccccc2-n2cncn2)CCCNC(=O)COc2ccc(cc2)C1. The van der Waals surface area contributed by atoms with Crippen molar-refractivity contribution >= 4 is 23.7 Å². The molecular formula is C33H42N6O7. The molecule has 0 fully saturated rings.